The number of tetrazole rings is 1. The van der Waals surface area contributed by atoms with E-state index < -0.39 is 5.60 Å². The summed E-state index contributed by atoms with van der Waals surface area (Å²) in [6.45, 7) is 9.58. The number of hydrogen-bond acceptors (Lipinski definition) is 9. The normalized spacial score (nSPS) is 20.7. The van der Waals surface area contributed by atoms with Crippen LogP contribution >= 0.6 is 0 Å². The van der Waals surface area contributed by atoms with Crippen LogP contribution in [-0.4, -0.2) is 69.0 Å². The van der Waals surface area contributed by atoms with Crippen LogP contribution in [0.4, 0.5) is 5.82 Å². The number of β-amino-alcohol motifs (C(OH)–C–C–N with tert-alkyl or cyclic N) is 1. The monoisotopic (exact) mass is 372 g/mol. The molecule has 1 N–H and O–H groups in total. The van der Waals surface area contributed by atoms with Crippen molar-refractivity contribution >= 4 is 17.0 Å². The lowest BCUT2D eigenvalue weighted by atomic mass is 9.96. The van der Waals surface area contributed by atoms with Crippen molar-refractivity contribution in [3.8, 4) is 0 Å². The van der Waals surface area contributed by atoms with Crippen molar-refractivity contribution in [3.05, 3.63) is 11.6 Å². The van der Waals surface area contributed by atoms with Gasteiger partial charge in [0.25, 0.3) is 0 Å². The fourth-order valence-corrected chi connectivity index (χ4v) is 3.10. The van der Waals surface area contributed by atoms with Crippen LogP contribution in [-0.2, 0) is 19.0 Å². The molecule has 0 radical (unpaired) electrons. The van der Waals surface area contributed by atoms with Crippen LogP contribution in [0.15, 0.2) is 0 Å². The number of aryl methyl sites for hydroxylation is 1. The van der Waals surface area contributed by atoms with Gasteiger partial charge < -0.3 is 10.0 Å². The summed E-state index contributed by atoms with van der Waals surface area (Å²) in [4.78, 5) is 13.0. The Labute approximate surface area is 156 Å². The molecule has 11 heteroatoms. The highest BCUT2D eigenvalue weighted by Gasteiger charge is 2.34. The second-order valence-corrected chi connectivity index (χ2v) is 8.41. The minimum absolute atomic E-state index is 0.234. The largest absolute Gasteiger partial charge is 0.388 e. The third kappa shape index (κ3) is 3.34. The van der Waals surface area contributed by atoms with Gasteiger partial charge in [-0.05, 0) is 23.8 Å². The minimum atomic E-state index is -0.737. The van der Waals surface area contributed by atoms with Gasteiger partial charge in [0.1, 0.15) is 12.4 Å². The summed E-state index contributed by atoms with van der Waals surface area (Å²) in [6.07, 6.45) is 0.683. The Hall–Kier alpha value is -2.69. The highest BCUT2D eigenvalue weighted by atomic mass is 16.3. The van der Waals surface area contributed by atoms with Gasteiger partial charge in [-0.2, -0.15) is 4.80 Å². The molecule has 3 aromatic heterocycles. The molecule has 0 unspecified atom stereocenters. The van der Waals surface area contributed by atoms with Crippen LogP contribution in [0.3, 0.4) is 0 Å². The second-order valence-electron chi connectivity index (χ2n) is 8.41. The molecule has 11 nitrogen and oxygen atoms in total. The van der Waals surface area contributed by atoms with E-state index in [1.165, 1.54) is 4.80 Å². The first-order valence-electron chi connectivity index (χ1n) is 8.94. The van der Waals surface area contributed by atoms with E-state index in [0.717, 1.165) is 0 Å². The summed E-state index contributed by atoms with van der Waals surface area (Å²) in [5.74, 6) is 2.05. The Kier molecular flexibility index (Phi) is 3.88. The van der Waals surface area contributed by atoms with Crippen LogP contribution in [0.25, 0.3) is 11.2 Å². The van der Waals surface area contributed by atoms with Crippen molar-refractivity contribution in [1.29, 1.82) is 0 Å². The number of nitrogens with zero attached hydrogens (tertiary/aromatic N) is 10. The molecule has 0 spiro atoms. The lowest BCUT2D eigenvalue weighted by Gasteiger charge is -2.22. The maximum Gasteiger partial charge on any atom is 0.207 e. The molecule has 4 heterocycles. The average molecular weight is 372 g/mol. The number of aliphatic hydroxyl groups is 1. The zero-order chi connectivity index (χ0) is 19.4. The maximum absolute atomic E-state index is 10.4. The summed E-state index contributed by atoms with van der Waals surface area (Å²) in [5, 5.41) is 31.0. The topological polar surface area (TPSA) is 124 Å². The number of fused-ring (bicyclic) bond motifs is 1. The molecule has 1 saturated heterocycles. The van der Waals surface area contributed by atoms with Crippen LogP contribution in [0, 0.1) is 0 Å². The van der Waals surface area contributed by atoms with Crippen molar-refractivity contribution < 1.29 is 5.11 Å². The molecule has 1 aliphatic rings. The van der Waals surface area contributed by atoms with Gasteiger partial charge in [0.15, 0.2) is 17.2 Å². The summed E-state index contributed by atoms with van der Waals surface area (Å²) in [5.41, 5.74) is 0.185. The quantitative estimate of drug-likeness (QED) is 0.679. The minimum Gasteiger partial charge on any atom is -0.388 e. The third-order valence-electron chi connectivity index (χ3n) is 4.69. The zero-order valence-electron chi connectivity index (χ0n) is 16.2. The molecule has 0 aromatic carbocycles. The Balaban J connectivity index is 1.80. The molecule has 0 bridgehead atoms. The molecular weight excluding hydrogens is 348 g/mol. The smallest absolute Gasteiger partial charge is 0.207 e. The Morgan fingerprint density at radius 2 is 1.96 bits per heavy atom. The Morgan fingerprint density at radius 1 is 1.19 bits per heavy atom. The number of aromatic nitrogens is 9. The van der Waals surface area contributed by atoms with E-state index >= 15 is 0 Å². The van der Waals surface area contributed by atoms with E-state index in [-0.39, 0.29) is 5.41 Å². The number of rotatable bonds is 3. The molecule has 0 aliphatic carbocycles. The highest BCUT2D eigenvalue weighted by molar-refractivity contribution is 5.82. The molecule has 3 aromatic rings. The summed E-state index contributed by atoms with van der Waals surface area (Å²) in [7, 11) is 1.77. The molecule has 27 heavy (non-hydrogen) atoms. The highest BCUT2D eigenvalue weighted by Crippen LogP contribution is 2.31. The van der Waals surface area contributed by atoms with E-state index in [2.05, 4.69) is 56.4 Å². The van der Waals surface area contributed by atoms with Crippen molar-refractivity contribution in [2.45, 2.75) is 51.7 Å². The Bertz CT molecular complexity index is 983. The van der Waals surface area contributed by atoms with Crippen LogP contribution in [0.2, 0.25) is 0 Å². The standard InChI is InChI=1S/C16H24N10O/c1-15(2,3)14-17-12-11(13(18-14)25-7-6-16(4,27)9-25)20-26(21-12)8-10-19-22-23-24(10)5/h27H,6-9H2,1-5H3/t16-/m0/s1. The van der Waals surface area contributed by atoms with E-state index in [4.69, 9.17) is 4.98 Å². The molecule has 1 aliphatic heterocycles. The van der Waals surface area contributed by atoms with Crippen LogP contribution in [0.1, 0.15) is 45.8 Å². The van der Waals surface area contributed by atoms with Gasteiger partial charge in [0.05, 0.1) is 5.60 Å². The molecule has 144 valence electrons. The third-order valence-corrected chi connectivity index (χ3v) is 4.69. The lowest BCUT2D eigenvalue weighted by molar-refractivity contribution is 0.0839. The van der Waals surface area contributed by atoms with Gasteiger partial charge >= 0.3 is 0 Å². The first-order valence-corrected chi connectivity index (χ1v) is 8.94. The molecule has 0 saturated carbocycles. The number of hydrogen-bond donors (Lipinski definition) is 1. The van der Waals surface area contributed by atoms with Gasteiger partial charge in [-0.1, -0.05) is 20.8 Å². The number of anilines is 1. The van der Waals surface area contributed by atoms with Crippen LogP contribution < -0.4 is 4.90 Å². The van der Waals surface area contributed by atoms with Gasteiger partial charge in [0.2, 0.25) is 5.65 Å². The Morgan fingerprint density at radius 3 is 2.56 bits per heavy atom. The predicted molar refractivity (Wildman–Crippen MR) is 97.2 cm³/mol. The van der Waals surface area contributed by atoms with Gasteiger partial charge in [0, 0.05) is 25.6 Å². The molecular formula is C16H24N10O. The van der Waals surface area contributed by atoms with E-state index in [1.807, 2.05) is 6.92 Å². The fraction of sp³-hybridized carbons (Fsp3) is 0.688. The molecule has 1 atom stereocenters. The first kappa shape index (κ1) is 17.7. The maximum atomic E-state index is 10.4. The SMILES string of the molecule is Cn1nnnc1Cn1nc2nc(C(C)(C)C)nc(N3CC[C@](C)(O)C3)c2n1. The van der Waals surface area contributed by atoms with Gasteiger partial charge in [-0.25, -0.2) is 14.6 Å². The molecule has 4 rings (SSSR count). The van der Waals surface area contributed by atoms with Crippen molar-refractivity contribution in [3.63, 3.8) is 0 Å². The molecule has 1 fully saturated rings. The summed E-state index contributed by atoms with van der Waals surface area (Å²) < 4.78 is 1.58. The van der Waals surface area contributed by atoms with Crippen molar-refractivity contribution in [2.75, 3.05) is 18.0 Å². The summed E-state index contributed by atoms with van der Waals surface area (Å²) >= 11 is 0. The van der Waals surface area contributed by atoms with E-state index in [0.29, 0.717) is 54.7 Å². The summed E-state index contributed by atoms with van der Waals surface area (Å²) in [6, 6.07) is 0. The average Bonchev–Trinajstić information content (AvgIpc) is 3.25. The zero-order valence-corrected chi connectivity index (χ0v) is 16.2. The fourth-order valence-electron chi connectivity index (χ4n) is 3.10. The van der Waals surface area contributed by atoms with Crippen molar-refractivity contribution in [2.24, 2.45) is 7.05 Å². The second kappa shape index (κ2) is 5.91. The first-order chi connectivity index (χ1) is 12.6. The van der Waals surface area contributed by atoms with Crippen molar-refractivity contribution in [1.82, 2.24) is 45.2 Å². The van der Waals surface area contributed by atoms with Gasteiger partial charge in [-0.15, -0.1) is 15.3 Å². The predicted octanol–water partition coefficient (Wildman–Crippen LogP) is 0.0517. The van der Waals surface area contributed by atoms with E-state index in [1.54, 1.807) is 11.7 Å². The van der Waals surface area contributed by atoms with Gasteiger partial charge in [-0.3, -0.25) is 0 Å². The lowest BCUT2D eigenvalue weighted by Crippen LogP contribution is -2.31. The van der Waals surface area contributed by atoms with E-state index in [9.17, 15) is 5.11 Å². The van der Waals surface area contributed by atoms with Crippen LogP contribution in [0.5, 0.6) is 0 Å². The molecule has 0 amide bonds.